The molecule has 5 rings (SSSR count). The molecule has 2 aromatic heterocycles. The number of rotatable bonds is 9. The van der Waals surface area contributed by atoms with E-state index >= 15 is 0 Å². The number of aromatic amines is 1. The normalized spacial score (nSPS) is 15.2. The van der Waals surface area contributed by atoms with Gasteiger partial charge in [0.15, 0.2) is 0 Å². The summed E-state index contributed by atoms with van der Waals surface area (Å²) >= 11 is 0. The fraction of sp³-hybridized carbons (Fsp3) is 0.379. The maximum absolute atomic E-state index is 5.18. The van der Waals surface area contributed by atoms with Crippen LogP contribution in [0.5, 0.6) is 0 Å². The molecule has 0 saturated carbocycles. The van der Waals surface area contributed by atoms with Crippen LogP contribution in [0.3, 0.4) is 0 Å². The number of aryl methyl sites for hydroxylation is 2. The van der Waals surface area contributed by atoms with E-state index in [0.29, 0.717) is 11.9 Å². The highest BCUT2D eigenvalue weighted by atomic mass is 15.5. The molecule has 1 aliphatic rings. The minimum Gasteiger partial charge on any atom is -0.321 e. The number of aromatic nitrogens is 6. The van der Waals surface area contributed by atoms with Crippen LogP contribution in [-0.4, -0.2) is 30.2 Å². The van der Waals surface area contributed by atoms with Gasteiger partial charge < -0.3 is 4.57 Å². The van der Waals surface area contributed by atoms with Crippen molar-refractivity contribution in [1.82, 2.24) is 30.2 Å². The molecule has 3 heterocycles. The molecule has 6 nitrogen and oxygen atoms in total. The molecule has 35 heavy (non-hydrogen) atoms. The fourth-order valence-corrected chi connectivity index (χ4v) is 5.09. The highest BCUT2D eigenvalue weighted by molar-refractivity contribution is 5.80. The lowest BCUT2D eigenvalue weighted by Crippen LogP contribution is -2.15. The van der Waals surface area contributed by atoms with Gasteiger partial charge in [-0.25, -0.2) is 4.98 Å². The molecule has 4 aromatic rings. The summed E-state index contributed by atoms with van der Waals surface area (Å²) in [4.78, 5) is 5.18. The third-order valence-electron chi connectivity index (χ3n) is 6.93. The molecular weight excluding hydrogens is 432 g/mol. The van der Waals surface area contributed by atoms with Gasteiger partial charge in [-0.2, -0.15) is 5.21 Å². The largest absolute Gasteiger partial charge is 0.321 e. The Morgan fingerprint density at radius 3 is 2.46 bits per heavy atom. The van der Waals surface area contributed by atoms with Crippen molar-refractivity contribution in [3.8, 4) is 22.5 Å². The van der Waals surface area contributed by atoms with E-state index in [9.17, 15) is 0 Å². The first-order valence-electron chi connectivity index (χ1n) is 13.0. The average molecular weight is 467 g/mol. The van der Waals surface area contributed by atoms with E-state index in [2.05, 4.69) is 87.6 Å². The second-order valence-corrected chi connectivity index (χ2v) is 9.34. The van der Waals surface area contributed by atoms with E-state index in [1.54, 1.807) is 0 Å². The Hall–Kier alpha value is -3.54. The predicted octanol–water partition coefficient (Wildman–Crippen LogP) is 6.81. The van der Waals surface area contributed by atoms with Crippen molar-refractivity contribution in [1.29, 1.82) is 0 Å². The third kappa shape index (κ3) is 4.83. The summed E-state index contributed by atoms with van der Waals surface area (Å²) in [5, 5.41) is 14.7. The Morgan fingerprint density at radius 1 is 0.943 bits per heavy atom. The molecule has 2 aromatic carbocycles. The summed E-state index contributed by atoms with van der Waals surface area (Å²) in [6.45, 7) is 4.51. The number of nitrogens with zero attached hydrogens (tertiary/aromatic N) is 5. The maximum atomic E-state index is 5.18. The van der Waals surface area contributed by atoms with Crippen LogP contribution in [0.4, 0.5) is 0 Å². The molecule has 1 N–H and O–H groups in total. The standard InChI is InChI=1S/C29H34N6/c1-3-5-13-25-27-15-10-9-14-26(35(27)28(30-25)16-6-4-2)22-19-17-21(18-20-22)23-11-7-8-12-24(23)29-31-33-34-32-29/h7-8,10-12,15,17-20,26H,3-6,9,13-14,16H2,1-2H3,(H,31,32,33,34). The van der Waals surface area contributed by atoms with Gasteiger partial charge in [0.1, 0.15) is 5.82 Å². The number of unbranched alkanes of at least 4 members (excludes halogenated alkanes) is 2. The number of fused-ring (bicyclic) bond motifs is 1. The molecule has 180 valence electrons. The van der Waals surface area contributed by atoms with E-state index in [1.807, 2.05) is 12.1 Å². The topological polar surface area (TPSA) is 72.3 Å². The Balaban J connectivity index is 1.51. The Labute approximate surface area is 207 Å². The summed E-state index contributed by atoms with van der Waals surface area (Å²) in [6.07, 6.45) is 13.6. The summed E-state index contributed by atoms with van der Waals surface area (Å²) in [5.74, 6) is 1.86. The first kappa shape index (κ1) is 23.2. The first-order chi connectivity index (χ1) is 17.3. The van der Waals surface area contributed by atoms with Crippen LogP contribution in [-0.2, 0) is 12.8 Å². The lowest BCUT2D eigenvalue weighted by Gasteiger charge is -2.22. The molecule has 6 heteroatoms. The van der Waals surface area contributed by atoms with Crippen molar-refractivity contribution < 1.29 is 0 Å². The number of benzene rings is 2. The number of imidazole rings is 1. The van der Waals surface area contributed by atoms with Crippen molar-refractivity contribution >= 4 is 6.08 Å². The van der Waals surface area contributed by atoms with Gasteiger partial charge in [-0.05, 0) is 60.1 Å². The van der Waals surface area contributed by atoms with Crippen molar-refractivity contribution in [3.63, 3.8) is 0 Å². The molecule has 0 aliphatic carbocycles. The van der Waals surface area contributed by atoms with Gasteiger partial charge in [0.25, 0.3) is 0 Å². The van der Waals surface area contributed by atoms with Crippen LogP contribution in [0.1, 0.15) is 81.2 Å². The zero-order chi connectivity index (χ0) is 24.0. The van der Waals surface area contributed by atoms with Gasteiger partial charge in [-0.15, -0.1) is 10.2 Å². The van der Waals surface area contributed by atoms with Crippen molar-refractivity contribution in [3.05, 3.63) is 77.4 Å². The predicted molar refractivity (Wildman–Crippen MR) is 141 cm³/mol. The highest BCUT2D eigenvalue weighted by Gasteiger charge is 2.24. The van der Waals surface area contributed by atoms with Gasteiger partial charge in [0.05, 0.1) is 17.4 Å². The smallest absolute Gasteiger partial charge is 0.205 e. The maximum Gasteiger partial charge on any atom is 0.205 e. The second kappa shape index (κ2) is 10.8. The number of allylic oxidation sites excluding steroid dienone is 1. The Bertz CT molecular complexity index is 1270. The summed E-state index contributed by atoms with van der Waals surface area (Å²) < 4.78 is 2.55. The fourth-order valence-electron chi connectivity index (χ4n) is 5.09. The van der Waals surface area contributed by atoms with Gasteiger partial charge in [-0.1, -0.05) is 81.3 Å². The minimum atomic E-state index is 0.302. The average Bonchev–Trinajstić information content (AvgIpc) is 3.49. The zero-order valence-corrected chi connectivity index (χ0v) is 20.7. The van der Waals surface area contributed by atoms with E-state index < -0.39 is 0 Å². The van der Waals surface area contributed by atoms with E-state index in [0.717, 1.165) is 42.4 Å². The molecule has 0 spiro atoms. The van der Waals surface area contributed by atoms with Crippen LogP contribution < -0.4 is 0 Å². The van der Waals surface area contributed by atoms with Crippen LogP contribution >= 0.6 is 0 Å². The van der Waals surface area contributed by atoms with Crippen molar-refractivity contribution in [2.45, 2.75) is 71.3 Å². The summed E-state index contributed by atoms with van der Waals surface area (Å²) in [5.41, 5.74) is 7.17. The molecular formula is C29H34N6. The number of nitrogens with one attached hydrogen (secondary N) is 1. The van der Waals surface area contributed by atoms with E-state index in [4.69, 9.17) is 4.98 Å². The van der Waals surface area contributed by atoms with Crippen molar-refractivity contribution in [2.24, 2.45) is 0 Å². The number of H-pyrrole nitrogens is 1. The monoisotopic (exact) mass is 466 g/mol. The Morgan fingerprint density at radius 2 is 1.71 bits per heavy atom. The van der Waals surface area contributed by atoms with Crippen LogP contribution in [0.15, 0.2) is 54.6 Å². The van der Waals surface area contributed by atoms with E-state index in [1.165, 1.54) is 48.5 Å². The molecule has 1 atom stereocenters. The van der Waals surface area contributed by atoms with Gasteiger partial charge in [0.2, 0.25) is 5.82 Å². The van der Waals surface area contributed by atoms with Gasteiger partial charge in [-0.3, -0.25) is 0 Å². The highest BCUT2D eigenvalue weighted by Crippen LogP contribution is 2.35. The van der Waals surface area contributed by atoms with Crippen molar-refractivity contribution in [2.75, 3.05) is 0 Å². The van der Waals surface area contributed by atoms with E-state index in [-0.39, 0.29) is 0 Å². The first-order valence-corrected chi connectivity index (χ1v) is 13.0. The Kier molecular flexibility index (Phi) is 7.17. The molecule has 0 fully saturated rings. The summed E-state index contributed by atoms with van der Waals surface area (Å²) in [6, 6.07) is 17.6. The third-order valence-corrected chi connectivity index (χ3v) is 6.93. The molecule has 1 aliphatic heterocycles. The molecule has 0 radical (unpaired) electrons. The lowest BCUT2D eigenvalue weighted by molar-refractivity contribution is 0.520. The number of hydrogen-bond acceptors (Lipinski definition) is 4. The van der Waals surface area contributed by atoms with Crippen LogP contribution in [0.2, 0.25) is 0 Å². The van der Waals surface area contributed by atoms with Crippen LogP contribution in [0.25, 0.3) is 28.6 Å². The van der Waals surface area contributed by atoms with Gasteiger partial charge in [0, 0.05) is 12.0 Å². The molecule has 0 bridgehead atoms. The lowest BCUT2D eigenvalue weighted by atomic mass is 9.95. The van der Waals surface area contributed by atoms with Crippen LogP contribution in [0, 0.1) is 0 Å². The quantitative estimate of drug-likeness (QED) is 0.294. The molecule has 0 saturated heterocycles. The second-order valence-electron chi connectivity index (χ2n) is 9.34. The molecule has 1 unspecified atom stereocenters. The number of tetrazole rings is 1. The number of hydrogen-bond donors (Lipinski definition) is 1. The minimum absolute atomic E-state index is 0.302. The summed E-state index contributed by atoms with van der Waals surface area (Å²) in [7, 11) is 0. The van der Waals surface area contributed by atoms with Gasteiger partial charge >= 0.3 is 0 Å². The molecule has 0 amide bonds. The SMILES string of the molecule is CCCCc1nc(CCCC)n2c1C=CCCC2c1ccc(-c2ccccc2-c2nn[nH]n2)cc1. The zero-order valence-electron chi connectivity index (χ0n) is 20.7.